The number of hydrogen-bond acceptors (Lipinski definition) is 0. The predicted octanol–water partition coefficient (Wildman–Crippen LogP) is 5.71. The molecule has 0 nitrogen and oxygen atoms in total. The molecule has 0 aliphatic heterocycles. The molecule has 1 unspecified atom stereocenters. The summed E-state index contributed by atoms with van der Waals surface area (Å²) in [6, 6.07) is 9.29. The fourth-order valence-corrected chi connectivity index (χ4v) is 3.64. The van der Waals surface area contributed by atoms with E-state index in [4.69, 9.17) is 11.6 Å². The molecule has 0 saturated heterocycles. The van der Waals surface area contributed by atoms with Crippen molar-refractivity contribution >= 4 is 11.6 Å². The normalized spacial score (nSPS) is 19.1. The summed E-state index contributed by atoms with van der Waals surface area (Å²) in [7, 11) is 0. The molecule has 0 amide bonds. The average molecular weight is 265 g/mol. The molecule has 0 aromatic heterocycles. The molecule has 1 aliphatic rings. The van der Waals surface area contributed by atoms with Crippen LogP contribution in [-0.4, -0.2) is 5.88 Å². The maximum absolute atomic E-state index is 6.09. The summed E-state index contributed by atoms with van der Waals surface area (Å²) in [4.78, 5) is 0. The molecule has 18 heavy (non-hydrogen) atoms. The van der Waals surface area contributed by atoms with E-state index in [-0.39, 0.29) is 0 Å². The van der Waals surface area contributed by atoms with Gasteiger partial charge in [0.1, 0.15) is 0 Å². The van der Waals surface area contributed by atoms with Gasteiger partial charge in [0.15, 0.2) is 0 Å². The first-order valence-electron chi connectivity index (χ1n) is 7.38. The van der Waals surface area contributed by atoms with E-state index in [0.29, 0.717) is 11.8 Å². The smallest absolute Gasteiger partial charge is 0.0294 e. The van der Waals surface area contributed by atoms with Crippen LogP contribution < -0.4 is 0 Å². The Kier molecular flexibility index (Phi) is 5.12. The summed E-state index contributed by atoms with van der Waals surface area (Å²) in [6.07, 6.45) is 6.99. The molecule has 100 valence electrons. The minimum Gasteiger partial charge on any atom is -0.126 e. The van der Waals surface area contributed by atoms with E-state index in [1.165, 1.54) is 43.2 Å². The van der Waals surface area contributed by atoms with Crippen molar-refractivity contribution in [1.29, 1.82) is 0 Å². The van der Waals surface area contributed by atoms with Gasteiger partial charge in [-0.25, -0.2) is 0 Å². The van der Waals surface area contributed by atoms with Crippen LogP contribution in [0.2, 0.25) is 0 Å². The molecule has 1 atom stereocenters. The molecule has 1 heteroatoms. The van der Waals surface area contributed by atoms with Gasteiger partial charge < -0.3 is 0 Å². The largest absolute Gasteiger partial charge is 0.126 e. The first kappa shape index (κ1) is 13.9. The molecule has 0 heterocycles. The summed E-state index contributed by atoms with van der Waals surface area (Å²) < 4.78 is 0. The van der Waals surface area contributed by atoms with Gasteiger partial charge in [-0.15, -0.1) is 11.6 Å². The van der Waals surface area contributed by atoms with Gasteiger partial charge in [-0.05, 0) is 41.7 Å². The van der Waals surface area contributed by atoms with Crippen LogP contribution in [0.3, 0.4) is 0 Å². The van der Waals surface area contributed by atoms with Crippen molar-refractivity contribution in [3.05, 3.63) is 35.4 Å². The standard InChI is InChI=1S/C17H25Cl/c1-13(2)17(12-18)16-10-8-15(9-11-16)14-6-4-3-5-7-14/h8-11,13-14,17H,3-7,12H2,1-2H3. The highest BCUT2D eigenvalue weighted by Gasteiger charge is 2.17. The number of benzene rings is 1. The zero-order valence-electron chi connectivity index (χ0n) is 11.7. The second-order valence-electron chi connectivity index (χ2n) is 6.01. The van der Waals surface area contributed by atoms with Crippen LogP contribution >= 0.6 is 11.6 Å². The van der Waals surface area contributed by atoms with Gasteiger partial charge >= 0.3 is 0 Å². The van der Waals surface area contributed by atoms with Crippen LogP contribution in [0.1, 0.15) is 68.9 Å². The highest BCUT2D eigenvalue weighted by atomic mass is 35.5. The quantitative estimate of drug-likeness (QED) is 0.611. The van der Waals surface area contributed by atoms with Gasteiger partial charge in [0.2, 0.25) is 0 Å². The summed E-state index contributed by atoms with van der Waals surface area (Å²) >= 11 is 6.09. The van der Waals surface area contributed by atoms with Crippen LogP contribution in [0.4, 0.5) is 0 Å². The second-order valence-corrected chi connectivity index (χ2v) is 6.32. The second kappa shape index (κ2) is 6.61. The molecule has 0 N–H and O–H groups in total. The molecule has 1 aliphatic carbocycles. The minimum absolute atomic E-state index is 0.493. The highest BCUT2D eigenvalue weighted by Crippen LogP contribution is 2.34. The fraction of sp³-hybridized carbons (Fsp3) is 0.647. The summed E-state index contributed by atoms with van der Waals surface area (Å²) in [6.45, 7) is 4.50. The van der Waals surface area contributed by atoms with Crippen LogP contribution in [-0.2, 0) is 0 Å². The van der Waals surface area contributed by atoms with E-state index in [9.17, 15) is 0 Å². The first-order valence-corrected chi connectivity index (χ1v) is 7.91. The fourth-order valence-electron chi connectivity index (χ4n) is 3.10. The van der Waals surface area contributed by atoms with Crippen molar-refractivity contribution in [3.63, 3.8) is 0 Å². The lowest BCUT2D eigenvalue weighted by atomic mass is 9.82. The van der Waals surface area contributed by atoms with E-state index < -0.39 is 0 Å². The maximum atomic E-state index is 6.09. The van der Waals surface area contributed by atoms with Crippen LogP contribution in [0.25, 0.3) is 0 Å². The Morgan fingerprint density at radius 2 is 1.67 bits per heavy atom. The Morgan fingerprint density at radius 1 is 1.06 bits per heavy atom. The van der Waals surface area contributed by atoms with Crippen LogP contribution in [0.15, 0.2) is 24.3 Å². The molecule has 1 aromatic rings. The predicted molar refractivity (Wildman–Crippen MR) is 80.6 cm³/mol. The van der Waals surface area contributed by atoms with Crippen molar-refractivity contribution in [3.8, 4) is 0 Å². The first-order chi connectivity index (χ1) is 8.72. The molecule has 0 spiro atoms. The van der Waals surface area contributed by atoms with Gasteiger partial charge in [0.05, 0.1) is 0 Å². The lowest BCUT2D eigenvalue weighted by molar-refractivity contribution is 0.443. The van der Waals surface area contributed by atoms with Crippen molar-refractivity contribution in [2.75, 3.05) is 5.88 Å². The monoisotopic (exact) mass is 264 g/mol. The van der Waals surface area contributed by atoms with Crippen molar-refractivity contribution in [2.24, 2.45) is 5.92 Å². The van der Waals surface area contributed by atoms with Gasteiger partial charge in [0, 0.05) is 5.88 Å². The third-order valence-corrected chi connectivity index (χ3v) is 4.74. The minimum atomic E-state index is 0.493. The van der Waals surface area contributed by atoms with Gasteiger partial charge in [-0.1, -0.05) is 57.4 Å². The number of rotatable bonds is 4. The molecular weight excluding hydrogens is 240 g/mol. The Bertz CT molecular complexity index is 346. The Balaban J connectivity index is 2.08. The SMILES string of the molecule is CC(C)C(CCl)c1ccc(C2CCCCC2)cc1. The number of alkyl halides is 1. The average Bonchev–Trinajstić information content (AvgIpc) is 2.41. The molecule has 1 saturated carbocycles. The molecular formula is C17H25Cl. The molecule has 2 rings (SSSR count). The van der Waals surface area contributed by atoms with E-state index in [1.54, 1.807) is 0 Å². The zero-order valence-corrected chi connectivity index (χ0v) is 12.4. The Morgan fingerprint density at radius 3 is 2.17 bits per heavy atom. The molecule has 1 aromatic carbocycles. The lowest BCUT2D eigenvalue weighted by Crippen LogP contribution is -2.09. The molecule has 0 radical (unpaired) electrons. The Hall–Kier alpha value is -0.490. The zero-order chi connectivity index (χ0) is 13.0. The van der Waals surface area contributed by atoms with Crippen LogP contribution in [0.5, 0.6) is 0 Å². The van der Waals surface area contributed by atoms with Gasteiger partial charge in [-0.2, -0.15) is 0 Å². The number of hydrogen-bond donors (Lipinski definition) is 0. The van der Waals surface area contributed by atoms with E-state index in [2.05, 4.69) is 38.1 Å². The maximum Gasteiger partial charge on any atom is 0.0294 e. The third kappa shape index (κ3) is 3.29. The molecule has 1 fully saturated rings. The van der Waals surface area contributed by atoms with E-state index in [0.717, 1.165) is 11.8 Å². The summed E-state index contributed by atoms with van der Waals surface area (Å²) in [5.41, 5.74) is 2.94. The van der Waals surface area contributed by atoms with Crippen molar-refractivity contribution < 1.29 is 0 Å². The summed E-state index contributed by atoms with van der Waals surface area (Å²) in [5, 5.41) is 0. The van der Waals surface area contributed by atoms with Gasteiger partial charge in [-0.3, -0.25) is 0 Å². The van der Waals surface area contributed by atoms with Crippen molar-refractivity contribution in [1.82, 2.24) is 0 Å². The highest BCUT2D eigenvalue weighted by molar-refractivity contribution is 6.18. The van der Waals surface area contributed by atoms with Crippen LogP contribution in [0, 0.1) is 5.92 Å². The lowest BCUT2D eigenvalue weighted by Gasteiger charge is -2.23. The number of halogens is 1. The topological polar surface area (TPSA) is 0 Å². The van der Waals surface area contributed by atoms with E-state index >= 15 is 0 Å². The molecule has 0 bridgehead atoms. The van der Waals surface area contributed by atoms with Crippen molar-refractivity contribution in [2.45, 2.75) is 57.8 Å². The third-order valence-electron chi connectivity index (χ3n) is 4.41. The summed E-state index contributed by atoms with van der Waals surface area (Å²) in [5.74, 6) is 2.64. The van der Waals surface area contributed by atoms with Gasteiger partial charge in [0.25, 0.3) is 0 Å². The Labute approximate surface area is 117 Å². The van der Waals surface area contributed by atoms with E-state index in [1.807, 2.05) is 0 Å².